The molecule has 2 saturated heterocycles. The first-order valence-corrected chi connectivity index (χ1v) is 13.6. The van der Waals surface area contributed by atoms with Gasteiger partial charge in [0.15, 0.2) is 0 Å². The molecule has 190 valence electrons. The van der Waals surface area contributed by atoms with Crippen LogP contribution < -0.4 is 10.2 Å². The third-order valence-electron chi connectivity index (χ3n) is 9.20. The minimum Gasteiger partial charge on any atom is -0.469 e. The van der Waals surface area contributed by atoms with Gasteiger partial charge in [-0.2, -0.15) is 0 Å². The highest BCUT2D eigenvalue weighted by molar-refractivity contribution is 5.77. The van der Waals surface area contributed by atoms with Crippen LogP contribution in [-0.2, 0) is 14.3 Å². The summed E-state index contributed by atoms with van der Waals surface area (Å²) in [5.74, 6) is 4.34. The molecule has 0 radical (unpaired) electrons. The molecule has 6 heteroatoms. The maximum Gasteiger partial charge on any atom is 0.312 e. The van der Waals surface area contributed by atoms with E-state index >= 15 is 0 Å². The fraction of sp³-hybridized carbons (Fsp3) is 0.786. The predicted octanol–water partition coefficient (Wildman–Crippen LogP) is 5.45. The number of aryl methyl sites for hydroxylation is 1. The fourth-order valence-corrected chi connectivity index (χ4v) is 6.78. The summed E-state index contributed by atoms with van der Waals surface area (Å²) < 4.78 is 10.6. The molecule has 1 aliphatic carbocycles. The molecular weight excluding hydrogens is 426 g/mol. The Kier molecular flexibility index (Phi) is 8.39. The normalized spacial score (nSPS) is 27.9. The second-order valence-electron chi connectivity index (χ2n) is 11.1. The van der Waals surface area contributed by atoms with Crippen molar-refractivity contribution < 1.29 is 14.3 Å². The summed E-state index contributed by atoms with van der Waals surface area (Å²) in [6.07, 6.45) is 9.15. The molecule has 1 aromatic rings. The molecule has 1 saturated carbocycles. The maximum atomic E-state index is 12.5. The molecule has 0 bridgehead atoms. The SMILES string of the molecule is COC(=O)C1(CCNc2ccc(N3CCC(C(C)C4CCCCC4C)C3)nc2C)CCOCC1. The van der Waals surface area contributed by atoms with Crippen LogP contribution in [0.3, 0.4) is 0 Å². The minimum absolute atomic E-state index is 0.108. The van der Waals surface area contributed by atoms with E-state index in [4.69, 9.17) is 14.5 Å². The van der Waals surface area contributed by atoms with Gasteiger partial charge in [-0.1, -0.05) is 33.1 Å². The number of pyridine rings is 1. The minimum atomic E-state index is -0.432. The number of hydrogen-bond acceptors (Lipinski definition) is 6. The van der Waals surface area contributed by atoms with Gasteiger partial charge in [-0.05, 0) is 74.8 Å². The Bertz CT molecular complexity index is 823. The van der Waals surface area contributed by atoms with Crippen LogP contribution in [0.5, 0.6) is 0 Å². The molecule has 1 N–H and O–H groups in total. The van der Waals surface area contributed by atoms with Crippen molar-refractivity contribution in [3.63, 3.8) is 0 Å². The lowest BCUT2D eigenvalue weighted by atomic mass is 9.69. The lowest BCUT2D eigenvalue weighted by Crippen LogP contribution is -2.39. The van der Waals surface area contributed by atoms with Gasteiger partial charge >= 0.3 is 5.97 Å². The van der Waals surface area contributed by atoms with Crippen LogP contribution in [0.1, 0.15) is 70.9 Å². The van der Waals surface area contributed by atoms with E-state index in [2.05, 4.69) is 43.1 Å². The van der Waals surface area contributed by atoms with Gasteiger partial charge in [-0.3, -0.25) is 4.79 Å². The summed E-state index contributed by atoms with van der Waals surface area (Å²) >= 11 is 0. The van der Waals surface area contributed by atoms with Crippen molar-refractivity contribution in [2.45, 2.75) is 72.1 Å². The zero-order valence-electron chi connectivity index (χ0n) is 21.8. The molecule has 0 aromatic carbocycles. The third-order valence-corrected chi connectivity index (χ3v) is 9.20. The van der Waals surface area contributed by atoms with Gasteiger partial charge in [0.2, 0.25) is 0 Å². The van der Waals surface area contributed by atoms with Gasteiger partial charge in [-0.15, -0.1) is 0 Å². The molecule has 3 fully saturated rings. The molecule has 4 rings (SSSR count). The first-order chi connectivity index (χ1) is 16.4. The van der Waals surface area contributed by atoms with E-state index in [1.54, 1.807) is 0 Å². The highest BCUT2D eigenvalue weighted by Crippen LogP contribution is 2.41. The first kappa shape index (κ1) is 25.3. The molecule has 34 heavy (non-hydrogen) atoms. The van der Waals surface area contributed by atoms with Gasteiger partial charge in [0.05, 0.1) is 23.9 Å². The average Bonchev–Trinajstić information content (AvgIpc) is 3.35. The number of nitrogens with zero attached hydrogens (tertiary/aromatic N) is 2. The van der Waals surface area contributed by atoms with Crippen LogP contribution in [0.25, 0.3) is 0 Å². The van der Waals surface area contributed by atoms with E-state index in [0.717, 1.165) is 79.8 Å². The molecule has 4 unspecified atom stereocenters. The van der Waals surface area contributed by atoms with Crippen LogP contribution in [0.4, 0.5) is 11.5 Å². The molecule has 4 atom stereocenters. The van der Waals surface area contributed by atoms with Gasteiger partial charge in [0.25, 0.3) is 0 Å². The average molecular weight is 472 g/mol. The second-order valence-corrected chi connectivity index (χ2v) is 11.1. The fourth-order valence-electron chi connectivity index (χ4n) is 6.78. The van der Waals surface area contributed by atoms with Crippen molar-refractivity contribution in [2.75, 3.05) is 50.2 Å². The molecule has 3 aliphatic rings. The molecule has 6 nitrogen and oxygen atoms in total. The van der Waals surface area contributed by atoms with Gasteiger partial charge < -0.3 is 19.7 Å². The molecule has 3 heterocycles. The number of carbonyl (C=O) groups excluding carboxylic acids is 1. The number of ether oxygens (including phenoxy) is 2. The van der Waals surface area contributed by atoms with Crippen molar-refractivity contribution in [1.82, 2.24) is 4.98 Å². The highest BCUT2D eigenvalue weighted by atomic mass is 16.5. The summed E-state index contributed by atoms with van der Waals surface area (Å²) in [5.41, 5.74) is 1.64. The first-order valence-electron chi connectivity index (χ1n) is 13.6. The Hall–Kier alpha value is -1.82. The largest absolute Gasteiger partial charge is 0.469 e. The summed E-state index contributed by atoms with van der Waals surface area (Å²) in [5, 5.41) is 3.53. The van der Waals surface area contributed by atoms with E-state index in [1.807, 2.05) is 0 Å². The molecule has 1 aromatic heterocycles. The number of methoxy groups -OCH3 is 1. The Morgan fingerprint density at radius 1 is 1.26 bits per heavy atom. The Morgan fingerprint density at radius 3 is 2.74 bits per heavy atom. The van der Waals surface area contributed by atoms with Crippen LogP contribution in [-0.4, -0.2) is 50.9 Å². The van der Waals surface area contributed by atoms with Crippen LogP contribution in [0.15, 0.2) is 12.1 Å². The number of esters is 1. The number of aromatic nitrogens is 1. The molecule has 2 aliphatic heterocycles. The van der Waals surface area contributed by atoms with Gasteiger partial charge in [0, 0.05) is 32.8 Å². The van der Waals surface area contributed by atoms with Crippen molar-refractivity contribution in [2.24, 2.45) is 29.1 Å². The predicted molar refractivity (Wildman–Crippen MR) is 137 cm³/mol. The number of nitrogens with one attached hydrogen (secondary N) is 1. The van der Waals surface area contributed by atoms with E-state index in [0.29, 0.717) is 13.2 Å². The number of rotatable bonds is 8. The lowest BCUT2D eigenvalue weighted by Gasteiger charge is -2.36. The van der Waals surface area contributed by atoms with E-state index in [-0.39, 0.29) is 5.97 Å². The van der Waals surface area contributed by atoms with Gasteiger partial charge in [0.1, 0.15) is 5.82 Å². The zero-order chi connectivity index (χ0) is 24.1. The maximum absolute atomic E-state index is 12.5. The number of anilines is 2. The van der Waals surface area contributed by atoms with Crippen molar-refractivity contribution in [1.29, 1.82) is 0 Å². The summed E-state index contributed by atoms with van der Waals surface area (Å²) in [6, 6.07) is 4.32. The molecular formula is C28H45N3O3. The van der Waals surface area contributed by atoms with Crippen LogP contribution in [0.2, 0.25) is 0 Å². The summed E-state index contributed by atoms with van der Waals surface area (Å²) in [6.45, 7) is 11.3. The number of hydrogen-bond donors (Lipinski definition) is 1. The Morgan fingerprint density at radius 2 is 2.03 bits per heavy atom. The Labute approximate surface area is 206 Å². The lowest BCUT2D eigenvalue weighted by molar-refractivity contribution is -0.159. The standard InChI is InChI=1S/C28H45N3O3/c1-20-7-5-6-8-24(20)21(2)23-11-16-31(19-23)26-10-9-25(22(3)30-26)29-15-12-28(27(32)33-4)13-17-34-18-14-28/h9-10,20-21,23-24,29H,5-8,11-19H2,1-4H3. The van der Waals surface area contributed by atoms with Crippen molar-refractivity contribution in [3.05, 3.63) is 17.8 Å². The third kappa shape index (κ3) is 5.53. The van der Waals surface area contributed by atoms with Crippen molar-refractivity contribution >= 4 is 17.5 Å². The van der Waals surface area contributed by atoms with E-state index in [1.165, 1.54) is 39.2 Å². The summed E-state index contributed by atoms with van der Waals surface area (Å²) in [4.78, 5) is 19.9. The quantitative estimate of drug-likeness (QED) is 0.509. The second kappa shape index (κ2) is 11.3. The monoisotopic (exact) mass is 471 g/mol. The van der Waals surface area contributed by atoms with Crippen LogP contribution in [0, 0.1) is 36.0 Å². The topological polar surface area (TPSA) is 63.7 Å². The number of carbonyl (C=O) groups is 1. The molecule has 0 amide bonds. The van der Waals surface area contributed by atoms with E-state index < -0.39 is 5.41 Å². The zero-order valence-corrected chi connectivity index (χ0v) is 21.8. The highest BCUT2D eigenvalue weighted by Gasteiger charge is 2.40. The smallest absolute Gasteiger partial charge is 0.312 e. The van der Waals surface area contributed by atoms with Gasteiger partial charge in [-0.25, -0.2) is 4.98 Å². The van der Waals surface area contributed by atoms with E-state index in [9.17, 15) is 4.79 Å². The van der Waals surface area contributed by atoms with Crippen molar-refractivity contribution in [3.8, 4) is 0 Å². The molecule has 0 spiro atoms. The van der Waals surface area contributed by atoms with Crippen LogP contribution >= 0.6 is 0 Å². The Balaban J connectivity index is 1.32. The summed E-state index contributed by atoms with van der Waals surface area (Å²) in [7, 11) is 1.49.